The zero-order chi connectivity index (χ0) is 16.0. The predicted octanol–water partition coefficient (Wildman–Crippen LogP) is 2.92. The molecule has 6 heteroatoms. The van der Waals surface area contributed by atoms with Crippen LogP contribution in [0.3, 0.4) is 0 Å². The number of hydrogen-bond donors (Lipinski definition) is 2. The minimum Gasteiger partial charge on any atom is -0.481 e. The first-order valence-electron chi connectivity index (χ1n) is 6.87. The average molecular weight is 357 g/mol. The summed E-state index contributed by atoms with van der Waals surface area (Å²) in [5.74, 6) is -0.144. The topological polar surface area (TPSA) is 81.4 Å². The Morgan fingerprint density at radius 3 is 2.67 bits per heavy atom. The van der Waals surface area contributed by atoms with Gasteiger partial charge in [-0.05, 0) is 32.4 Å². The number of nitrogen functional groups attached to an aromatic ring is 1. The molecule has 0 aromatic heterocycles. The SMILES string of the molecule is CCCC(C)NC(=O)COc1c(N)cc(Br)cc1C(C)=O. The van der Waals surface area contributed by atoms with Crippen LogP contribution in [0.25, 0.3) is 0 Å². The highest BCUT2D eigenvalue weighted by Gasteiger charge is 2.15. The maximum absolute atomic E-state index is 11.8. The predicted molar refractivity (Wildman–Crippen MR) is 86.6 cm³/mol. The molecule has 0 fully saturated rings. The Morgan fingerprint density at radius 1 is 1.43 bits per heavy atom. The average Bonchev–Trinajstić information content (AvgIpc) is 2.36. The van der Waals surface area contributed by atoms with E-state index in [-0.39, 0.29) is 30.1 Å². The first-order chi connectivity index (χ1) is 9.85. The molecule has 0 bridgehead atoms. The molecule has 0 heterocycles. The van der Waals surface area contributed by atoms with Gasteiger partial charge in [-0.3, -0.25) is 9.59 Å². The second-order valence-electron chi connectivity index (χ2n) is 4.97. The molecule has 116 valence electrons. The molecular weight excluding hydrogens is 336 g/mol. The Bertz CT molecular complexity index is 532. The number of nitrogens with one attached hydrogen (secondary N) is 1. The molecule has 0 saturated carbocycles. The Kier molecular flexibility index (Phi) is 6.68. The van der Waals surface area contributed by atoms with Gasteiger partial charge in [-0.15, -0.1) is 0 Å². The zero-order valence-electron chi connectivity index (χ0n) is 12.5. The van der Waals surface area contributed by atoms with Gasteiger partial charge in [-0.25, -0.2) is 0 Å². The normalized spacial score (nSPS) is 11.8. The van der Waals surface area contributed by atoms with Crippen LogP contribution in [0.15, 0.2) is 16.6 Å². The van der Waals surface area contributed by atoms with Crippen molar-refractivity contribution in [1.82, 2.24) is 5.32 Å². The number of anilines is 1. The Labute approximate surface area is 133 Å². The number of nitrogens with two attached hydrogens (primary N) is 1. The summed E-state index contributed by atoms with van der Waals surface area (Å²) in [6, 6.07) is 3.37. The molecule has 0 spiro atoms. The standard InChI is InChI=1S/C15H21BrN2O3/c1-4-5-9(2)18-14(20)8-21-15-12(10(3)19)6-11(16)7-13(15)17/h6-7,9H,4-5,8,17H2,1-3H3,(H,18,20). The van der Waals surface area contributed by atoms with Gasteiger partial charge in [0.1, 0.15) is 0 Å². The number of carbonyl (C=O) groups is 2. The van der Waals surface area contributed by atoms with Crippen LogP contribution in [0.5, 0.6) is 5.75 Å². The summed E-state index contributed by atoms with van der Waals surface area (Å²) in [5, 5.41) is 2.83. The smallest absolute Gasteiger partial charge is 0.258 e. The number of hydrogen-bond acceptors (Lipinski definition) is 4. The van der Waals surface area contributed by atoms with Crippen molar-refractivity contribution in [2.45, 2.75) is 39.7 Å². The van der Waals surface area contributed by atoms with E-state index in [1.54, 1.807) is 12.1 Å². The van der Waals surface area contributed by atoms with Gasteiger partial charge < -0.3 is 15.8 Å². The molecule has 0 radical (unpaired) electrons. The highest BCUT2D eigenvalue weighted by Crippen LogP contribution is 2.31. The van der Waals surface area contributed by atoms with Crippen molar-refractivity contribution >= 4 is 33.3 Å². The van der Waals surface area contributed by atoms with Crippen LogP contribution in [0.4, 0.5) is 5.69 Å². The monoisotopic (exact) mass is 356 g/mol. The fourth-order valence-electron chi connectivity index (χ4n) is 2.00. The number of benzene rings is 1. The molecule has 1 aromatic carbocycles. The molecule has 1 atom stereocenters. The van der Waals surface area contributed by atoms with E-state index in [0.29, 0.717) is 15.7 Å². The summed E-state index contributed by atoms with van der Waals surface area (Å²) < 4.78 is 6.14. The molecule has 3 N–H and O–H groups in total. The molecule has 1 aromatic rings. The van der Waals surface area contributed by atoms with Gasteiger partial charge in [0, 0.05) is 10.5 Å². The molecule has 0 saturated heterocycles. The summed E-state index contributed by atoms with van der Waals surface area (Å²) >= 11 is 3.28. The van der Waals surface area contributed by atoms with Crippen LogP contribution in [0.1, 0.15) is 44.0 Å². The summed E-state index contributed by atoms with van der Waals surface area (Å²) in [4.78, 5) is 23.4. The summed E-state index contributed by atoms with van der Waals surface area (Å²) in [6.45, 7) is 5.26. The van der Waals surface area contributed by atoms with Crippen molar-refractivity contribution < 1.29 is 14.3 Å². The second-order valence-corrected chi connectivity index (χ2v) is 5.89. The summed E-state index contributed by atoms with van der Waals surface area (Å²) in [5.41, 5.74) is 6.54. The Hall–Kier alpha value is -1.56. The molecule has 0 aliphatic heterocycles. The van der Waals surface area contributed by atoms with Crippen molar-refractivity contribution in [2.75, 3.05) is 12.3 Å². The lowest BCUT2D eigenvalue weighted by Crippen LogP contribution is -2.36. The number of carbonyl (C=O) groups excluding carboxylic acids is 2. The molecule has 0 aliphatic rings. The third-order valence-electron chi connectivity index (χ3n) is 2.94. The van der Waals surface area contributed by atoms with Crippen LogP contribution in [0, 0.1) is 0 Å². The largest absolute Gasteiger partial charge is 0.481 e. The highest BCUT2D eigenvalue weighted by molar-refractivity contribution is 9.10. The number of amides is 1. The van der Waals surface area contributed by atoms with Gasteiger partial charge in [0.25, 0.3) is 5.91 Å². The molecule has 21 heavy (non-hydrogen) atoms. The Morgan fingerprint density at radius 2 is 2.10 bits per heavy atom. The lowest BCUT2D eigenvalue weighted by atomic mass is 10.1. The van der Waals surface area contributed by atoms with Gasteiger partial charge in [0.15, 0.2) is 18.1 Å². The Balaban J connectivity index is 2.75. The number of ether oxygens (including phenoxy) is 1. The fourth-order valence-corrected chi connectivity index (χ4v) is 2.47. The molecule has 1 amide bonds. The van der Waals surface area contributed by atoms with Crippen molar-refractivity contribution in [3.05, 3.63) is 22.2 Å². The van der Waals surface area contributed by atoms with Crippen molar-refractivity contribution in [3.8, 4) is 5.75 Å². The minimum atomic E-state index is -0.229. The first-order valence-corrected chi connectivity index (χ1v) is 7.66. The second kappa shape index (κ2) is 8.02. The first kappa shape index (κ1) is 17.5. The lowest BCUT2D eigenvalue weighted by Gasteiger charge is -2.15. The van der Waals surface area contributed by atoms with Crippen molar-refractivity contribution in [2.24, 2.45) is 0 Å². The quantitative estimate of drug-likeness (QED) is 0.581. The van der Waals surface area contributed by atoms with Crippen LogP contribution < -0.4 is 15.8 Å². The number of Topliss-reactive ketones (excluding diaryl/α,β-unsaturated/α-hetero) is 1. The minimum absolute atomic E-state index is 0.0978. The number of ketones is 1. The van der Waals surface area contributed by atoms with Gasteiger partial charge in [0.2, 0.25) is 0 Å². The maximum atomic E-state index is 11.8. The molecule has 0 aliphatic carbocycles. The molecule has 5 nitrogen and oxygen atoms in total. The van der Waals surface area contributed by atoms with Gasteiger partial charge in [0.05, 0.1) is 11.3 Å². The van der Waals surface area contributed by atoms with E-state index in [1.165, 1.54) is 6.92 Å². The molecular formula is C15H21BrN2O3. The van der Waals surface area contributed by atoms with E-state index in [0.717, 1.165) is 12.8 Å². The lowest BCUT2D eigenvalue weighted by molar-refractivity contribution is -0.123. The van der Waals surface area contributed by atoms with Crippen LogP contribution >= 0.6 is 15.9 Å². The summed E-state index contributed by atoms with van der Waals surface area (Å²) in [6.07, 6.45) is 1.90. The van der Waals surface area contributed by atoms with E-state index in [1.807, 2.05) is 6.92 Å². The van der Waals surface area contributed by atoms with Crippen LogP contribution in [0.2, 0.25) is 0 Å². The third-order valence-corrected chi connectivity index (χ3v) is 3.40. The van der Waals surface area contributed by atoms with Gasteiger partial charge in [-0.2, -0.15) is 0 Å². The maximum Gasteiger partial charge on any atom is 0.258 e. The van der Waals surface area contributed by atoms with Crippen molar-refractivity contribution in [3.63, 3.8) is 0 Å². The third kappa shape index (κ3) is 5.38. The zero-order valence-corrected chi connectivity index (χ0v) is 14.1. The van der Waals surface area contributed by atoms with Crippen LogP contribution in [-0.2, 0) is 4.79 Å². The van der Waals surface area contributed by atoms with E-state index in [9.17, 15) is 9.59 Å². The van der Waals surface area contributed by atoms with E-state index in [4.69, 9.17) is 10.5 Å². The van der Waals surface area contributed by atoms with Crippen molar-refractivity contribution in [1.29, 1.82) is 0 Å². The van der Waals surface area contributed by atoms with E-state index in [2.05, 4.69) is 28.2 Å². The molecule has 1 rings (SSSR count). The number of rotatable bonds is 7. The van der Waals surface area contributed by atoms with E-state index >= 15 is 0 Å². The number of halogens is 1. The summed E-state index contributed by atoms with van der Waals surface area (Å²) in [7, 11) is 0. The van der Waals surface area contributed by atoms with Gasteiger partial charge >= 0.3 is 0 Å². The molecule has 1 unspecified atom stereocenters. The fraction of sp³-hybridized carbons (Fsp3) is 0.467. The van der Waals surface area contributed by atoms with Crippen LogP contribution in [-0.4, -0.2) is 24.3 Å². The van der Waals surface area contributed by atoms with Gasteiger partial charge in [-0.1, -0.05) is 29.3 Å². The highest BCUT2D eigenvalue weighted by atomic mass is 79.9. The van der Waals surface area contributed by atoms with E-state index < -0.39 is 0 Å².